The zero-order valence-electron chi connectivity index (χ0n) is 12.4. The van der Waals surface area contributed by atoms with Gasteiger partial charge in [0.1, 0.15) is 0 Å². The van der Waals surface area contributed by atoms with Crippen LogP contribution in [0.15, 0.2) is 6.20 Å². The maximum absolute atomic E-state index is 6.43. The van der Waals surface area contributed by atoms with Gasteiger partial charge in [-0.1, -0.05) is 11.6 Å². The van der Waals surface area contributed by atoms with Crippen LogP contribution >= 0.6 is 11.6 Å². The number of fused-ring (bicyclic) bond motifs is 1. The van der Waals surface area contributed by atoms with Crippen LogP contribution in [0.2, 0.25) is 5.02 Å². The molecule has 0 aliphatic carbocycles. The van der Waals surface area contributed by atoms with E-state index in [-0.39, 0.29) is 12.1 Å². The van der Waals surface area contributed by atoms with Gasteiger partial charge in [0.25, 0.3) is 0 Å². The van der Waals surface area contributed by atoms with Crippen molar-refractivity contribution in [3.8, 4) is 0 Å². The van der Waals surface area contributed by atoms with E-state index < -0.39 is 0 Å². The number of hydrogen-bond acceptors (Lipinski definition) is 5. The Bertz CT molecular complexity index is 482. The van der Waals surface area contributed by atoms with E-state index in [1.807, 2.05) is 4.68 Å². The van der Waals surface area contributed by atoms with Gasteiger partial charge in [-0.05, 0) is 19.4 Å². The molecule has 118 valence electrons. The van der Waals surface area contributed by atoms with Gasteiger partial charge >= 0.3 is 0 Å². The molecule has 2 aliphatic heterocycles. The Kier molecular flexibility index (Phi) is 4.81. The van der Waals surface area contributed by atoms with Crippen molar-refractivity contribution < 1.29 is 9.47 Å². The third kappa shape index (κ3) is 3.10. The molecule has 2 saturated heterocycles. The Morgan fingerprint density at radius 2 is 2.48 bits per heavy atom. The van der Waals surface area contributed by atoms with Crippen molar-refractivity contribution in [2.24, 2.45) is 5.73 Å². The van der Waals surface area contributed by atoms with Gasteiger partial charge in [-0.15, -0.1) is 0 Å². The highest BCUT2D eigenvalue weighted by molar-refractivity contribution is 6.31. The molecule has 3 rings (SSSR count). The molecule has 3 heterocycles. The number of rotatable bonds is 5. The maximum atomic E-state index is 6.43. The lowest BCUT2D eigenvalue weighted by molar-refractivity contribution is -0.0608. The number of halogens is 1. The summed E-state index contributed by atoms with van der Waals surface area (Å²) in [5.41, 5.74) is 7.28. The summed E-state index contributed by atoms with van der Waals surface area (Å²) in [6, 6.07) is 0.306. The molecule has 2 N–H and O–H groups in total. The first-order valence-corrected chi connectivity index (χ1v) is 7.90. The van der Waals surface area contributed by atoms with Crippen molar-refractivity contribution in [3.05, 3.63) is 16.9 Å². The second-order valence-electron chi connectivity index (χ2n) is 5.78. The second kappa shape index (κ2) is 6.62. The number of nitrogens with zero attached hydrogens (tertiary/aromatic N) is 3. The molecule has 2 fully saturated rings. The van der Waals surface area contributed by atoms with Gasteiger partial charge in [-0.3, -0.25) is 9.58 Å². The molecule has 1 aromatic heterocycles. The Morgan fingerprint density at radius 3 is 3.29 bits per heavy atom. The van der Waals surface area contributed by atoms with Crippen molar-refractivity contribution in [1.82, 2.24) is 14.7 Å². The lowest BCUT2D eigenvalue weighted by Gasteiger charge is -2.37. The molecule has 0 aromatic carbocycles. The van der Waals surface area contributed by atoms with Crippen LogP contribution in [0.5, 0.6) is 0 Å². The smallest absolute Gasteiger partial charge is 0.0910 e. The summed E-state index contributed by atoms with van der Waals surface area (Å²) in [5.74, 6) is 0. The molecular weight excluding hydrogens is 292 g/mol. The summed E-state index contributed by atoms with van der Waals surface area (Å²) < 4.78 is 12.9. The van der Waals surface area contributed by atoms with Crippen molar-refractivity contribution in [2.45, 2.75) is 37.6 Å². The van der Waals surface area contributed by atoms with Crippen LogP contribution in [-0.2, 0) is 16.0 Å². The van der Waals surface area contributed by atoms with E-state index in [4.69, 9.17) is 26.8 Å². The summed E-state index contributed by atoms with van der Waals surface area (Å²) in [4.78, 5) is 2.48. The van der Waals surface area contributed by atoms with Crippen molar-refractivity contribution >= 4 is 11.6 Å². The topological polar surface area (TPSA) is 65.5 Å². The standard InChI is InChI=1S/C14H23ClN4O2/c1-20-6-5-19-14(11(15)7-17-19)13(16)12-8-18-4-2-3-10(18)9-21-12/h7,10,12-13H,2-6,8-9,16H2,1H3. The number of aromatic nitrogens is 2. The van der Waals surface area contributed by atoms with E-state index in [9.17, 15) is 0 Å². The zero-order valence-corrected chi connectivity index (χ0v) is 13.1. The predicted octanol–water partition coefficient (Wildman–Crippen LogP) is 1.05. The van der Waals surface area contributed by atoms with Crippen LogP contribution in [0.3, 0.4) is 0 Å². The van der Waals surface area contributed by atoms with E-state index in [1.54, 1.807) is 13.3 Å². The van der Waals surface area contributed by atoms with Crippen LogP contribution in [0.25, 0.3) is 0 Å². The predicted molar refractivity (Wildman–Crippen MR) is 80.4 cm³/mol. The molecule has 1 aromatic rings. The lowest BCUT2D eigenvalue weighted by atomic mass is 10.1. The van der Waals surface area contributed by atoms with Crippen molar-refractivity contribution in [2.75, 3.05) is 33.4 Å². The van der Waals surface area contributed by atoms with E-state index >= 15 is 0 Å². The van der Waals surface area contributed by atoms with E-state index in [2.05, 4.69) is 10.00 Å². The molecule has 0 spiro atoms. The first-order chi connectivity index (χ1) is 10.2. The third-order valence-corrected chi connectivity index (χ3v) is 4.76. The average molecular weight is 315 g/mol. The molecule has 0 amide bonds. The normalized spacial score (nSPS) is 27.8. The molecule has 2 aliphatic rings. The van der Waals surface area contributed by atoms with Crippen LogP contribution in [-0.4, -0.2) is 60.2 Å². The molecule has 0 radical (unpaired) electrons. The largest absolute Gasteiger partial charge is 0.383 e. The number of methoxy groups -OCH3 is 1. The fraction of sp³-hybridized carbons (Fsp3) is 0.786. The number of nitrogens with two attached hydrogens (primary N) is 1. The van der Waals surface area contributed by atoms with Gasteiger partial charge in [-0.2, -0.15) is 5.10 Å². The Labute approximate surface area is 130 Å². The molecule has 0 saturated carbocycles. The molecule has 7 heteroatoms. The molecular formula is C14H23ClN4O2. The first kappa shape index (κ1) is 15.2. The highest BCUT2D eigenvalue weighted by atomic mass is 35.5. The first-order valence-electron chi connectivity index (χ1n) is 7.52. The molecule has 3 unspecified atom stereocenters. The van der Waals surface area contributed by atoms with Gasteiger partial charge in [0.05, 0.1) is 48.8 Å². The minimum atomic E-state index is -0.265. The van der Waals surface area contributed by atoms with Crippen molar-refractivity contribution in [1.29, 1.82) is 0 Å². The van der Waals surface area contributed by atoms with Crippen LogP contribution < -0.4 is 5.73 Å². The quantitative estimate of drug-likeness (QED) is 0.880. The summed E-state index contributed by atoms with van der Waals surface area (Å²) in [7, 11) is 1.67. The van der Waals surface area contributed by atoms with Crippen LogP contribution in [0.4, 0.5) is 0 Å². The number of morpholine rings is 1. The van der Waals surface area contributed by atoms with E-state index in [0.717, 1.165) is 25.4 Å². The minimum Gasteiger partial charge on any atom is -0.383 e. The van der Waals surface area contributed by atoms with Gasteiger partial charge in [0.2, 0.25) is 0 Å². The summed E-state index contributed by atoms with van der Waals surface area (Å²) in [6.07, 6.45) is 4.10. The third-order valence-electron chi connectivity index (χ3n) is 4.47. The second-order valence-corrected chi connectivity index (χ2v) is 6.19. The summed E-state index contributed by atoms with van der Waals surface area (Å²) in [6.45, 7) is 4.01. The SMILES string of the molecule is COCCn1ncc(Cl)c1C(N)C1CN2CCCC2CO1. The molecule has 3 atom stereocenters. The highest BCUT2D eigenvalue weighted by Crippen LogP contribution is 2.30. The monoisotopic (exact) mass is 314 g/mol. The van der Waals surface area contributed by atoms with Crippen LogP contribution in [0.1, 0.15) is 24.6 Å². The average Bonchev–Trinajstić information content (AvgIpc) is 3.10. The van der Waals surface area contributed by atoms with Crippen molar-refractivity contribution in [3.63, 3.8) is 0 Å². The maximum Gasteiger partial charge on any atom is 0.0910 e. The van der Waals surface area contributed by atoms with Gasteiger partial charge in [0, 0.05) is 19.7 Å². The Morgan fingerprint density at radius 1 is 1.62 bits per heavy atom. The van der Waals surface area contributed by atoms with Crippen LogP contribution in [0, 0.1) is 0 Å². The van der Waals surface area contributed by atoms with Gasteiger partial charge < -0.3 is 15.2 Å². The fourth-order valence-electron chi connectivity index (χ4n) is 3.30. The molecule has 21 heavy (non-hydrogen) atoms. The summed E-state index contributed by atoms with van der Waals surface area (Å²) >= 11 is 6.28. The van der Waals surface area contributed by atoms with E-state index in [1.165, 1.54) is 12.8 Å². The molecule has 0 bridgehead atoms. The molecule has 6 nitrogen and oxygen atoms in total. The van der Waals surface area contributed by atoms with E-state index in [0.29, 0.717) is 24.2 Å². The minimum absolute atomic E-state index is 0.0326. The zero-order chi connectivity index (χ0) is 14.8. The fourth-order valence-corrected chi connectivity index (χ4v) is 3.56. The highest BCUT2D eigenvalue weighted by Gasteiger charge is 2.36. The van der Waals surface area contributed by atoms with Gasteiger partial charge in [-0.25, -0.2) is 0 Å². The van der Waals surface area contributed by atoms with Gasteiger partial charge in [0.15, 0.2) is 0 Å². The Hall–Kier alpha value is -0.660. The number of ether oxygens (including phenoxy) is 2. The summed E-state index contributed by atoms with van der Waals surface area (Å²) in [5, 5.41) is 4.89. The Balaban J connectivity index is 1.72. The lowest BCUT2D eigenvalue weighted by Crippen LogP contribution is -2.50. The number of hydrogen-bond donors (Lipinski definition) is 1.